The molecular weight excluding hydrogens is 280 g/mol. The number of rotatable bonds is 2. The van der Waals surface area contributed by atoms with E-state index in [0.717, 1.165) is 12.5 Å². The second-order valence-corrected chi connectivity index (χ2v) is 5.09. The summed E-state index contributed by atoms with van der Waals surface area (Å²) < 4.78 is 32.6. The monoisotopic (exact) mass is 297 g/mol. The Labute approximate surface area is 121 Å². The van der Waals surface area contributed by atoms with E-state index in [4.69, 9.17) is 0 Å². The Kier molecular flexibility index (Phi) is 4.55. The summed E-state index contributed by atoms with van der Waals surface area (Å²) in [5.41, 5.74) is -0.419. The van der Waals surface area contributed by atoms with Gasteiger partial charge in [-0.3, -0.25) is 4.79 Å². The number of carbonyl (C=O) groups is 2. The van der Waals surface area contributed by atoms with Crippen LogP contribution in [0.4, 0.5) is 8.78 Å². The fourth-order valence-corrected chi connectivity index (χ4v) is 2.55. The minimum Gasteiger partial charge on any atom is -0.467 e. The van der Waals surface area contributed by atoms with Gasteiger partial charge in [-0.1, -0.05) is 6.07 Å². The van der Waals surface area contributed by atoms with Crippen LogP contribution in [-0.4, -0.2) is 36.5 Å². The van der Waals surface area contributed by atoms with Gasteiger partial charge in [-0.15, -0.1) is 0 Å². The highest BCUT2D eigenvalue weighted by molar-refractivity contribution is 5.97. The van der Waals surface area contributed by atoms with Crippen LogP contribution in [0.2, 0.25) is 0 Å². The van der Waals surface area contributed by atoms with E-state index in [2.05, 4.69) is 4.74 Å². The molecule has 1 saturated heterocycles. The fourth-order valence-electron chi connectivity index (χ4n) is 2.55. The molecule has 0 saturated carbocycles. The topological polar surface area (TPSA) is 46.6 Å². The van der Waals surface area contributed by atoms with Crippen molar-refractivity contribution in [1.82, 2.24) is 4.90 Å². The highest BCUT2D eigenvalue weighted by Gasteiger charge is 2.35. The Morgan fingerprint density at radius 1 is 1.29 bits per heavy atom. The lowest BCUT2D eigenvalue weighted by Gasteiger charge is -2.34. The zero-order valence-electron chi connectivity index (χ0n) is 12.0. The average Bonchev–Trinajstić information content (AvgIpc) is 2.50. The molecule has 0 aromatic heterocycles. The van der Waals surface area contributed by atoms with Crippen LogP contribution in [0.3, 0.4) is 0 Å². The number of halogens is 2. The molecule has 1 aliphatic heterocycles. The van der Waals surface area contributed by atoms with Crippen LogP contribution in [0.15, 0.2) is 12.1 Å². The number of methoxy groups -OCH3 is 1. The molecule has 1 heterocycles. The predicted octanol–water partition coefficient (Wildman–Crippen LogP) is 2.44. The molecular formula is C15H17F2NO3. The standard InChI is InChI=1S/C15H17F2NO3/c1-9-6-7-10(16)12(13(9)17)14(19)18-8-4-3-5-11(18)15(20)21-2/h6-7,11H,3-5,8H2,1-2H3/t11-/m1/s1. The summed E-state index contributed by atoms with van der Waals surface area (Å²) in [6, 6.07) is 1.55. The zero-order valence-corrected chi connectivity index (χ0v) is 12.0. The lowest BCUT2D eigenvalue weighted by molar-refractivity contribution is -0.147. The third kappa shape index (κ3) is 2.89. The first-order valence-corrected chi connectivity index (χ1v) is 6.80. The third-order valence-electron chi connectivity index (χ3n) is 3.73. The normalized spacial score (nSPS) is 18.5. The van der Waals surface area contributed by atoms with E-state index >= 15 is 0 Å². The van der Waals surface area contributed by atoms with E-state index in [0.29, 0.717) is 12.8 Å². The van der Waals surface area contributed by atoms with E-state index in [1.165, 1.54) is 25.0 Å². The molecule has 6 heteroatoms. The van der Waals surface area contributed by atoms with Gasteiger partial charge in [0.1, 0.15) is 23.2 Å². The molecule has 1 aliphatic rings. The molecule has 1 aromatic rings. The number of nitrogens with zero attached hydrogens (tertiary/aromatic N) is 1. The van der Waals surface area contributed by atoms with Crippen LogP contribution in [0.25, 0.3) is 0 Å². The summed E-state index contributed by atoms with van der Waals surface area (Å²) in [4.78, 5) is 25.4. The quantitative estimate of drug-likeness (QED) is 0.788. The van der Waals surface area contributed by atoms with Crippen molar-refractivity contribution in [3.05, 3.63) is 34.9 Å². The molecule has 0 aliphatic carbocycles. The number of piperidine rings is 1. The van der Waals surface area contributed by atoms with Crippen LogP contribution in [0, 0.1) is 18.6 Å². The SMILES string of the molecule is COC(=O)[C@H]1CCCCN1C(=O)c1c(F)ccc(C)c1F. The summed E-state index contributed by atoms with van der Waals surface area (Å²) >= 11 is 0. The van der Waals surface area contributed by atoms with Gasteiger partial charge in [-0.2, -0.15) is 0 Å². The Balaban J connectivity index is 2.38. The first-order chi connectivity index (χ1) is 9.97. The van der Waals surface area contributed by atoms with E-state index in [9.17, 15) is 18.4 Å². The number of likely N-dealkylation sites (tertiary alicyclic amines) is 1. The van der Waals surface area contributed by atoms with Gasteiger partial charge in [0.25, 0.3) is 5.91 Å². The van der Waals surface area contributed by atoms with E-state index < -0.39 is 35.1 Å². The number of benzene rings is 1. The molecule has 1 atom stereocenters. The first-order valence-electron chi connectivity index (χ1n) is 6.80. The molecule has 21 heavy (non-hydrogen) atoms. The summed E-state index contributed by atoms with van der Waals surface area (Å²) in [6.45, 7) is 1.74. The molecule has 114 valence electrons. The molecule has 4 nitrogen and oxygen atoms in total. The Hall–Kier alpha value is -1.98. The van der Waals surface area contributed by atoms with Crippen molar-refractivity contribution in [2.24, 2.45) is 0 Å². The van der Waals surface area contributed by atoms with Crippen molar-refractivity contribution >= 4 is 11.9 Å². The number of amides is 1. The summed E-state index contributed by atoms with van der Waals surface area (Å²) in [5, 5.41) is 0. The van der Waals surface area contributed by atoms with Gasteiger partial charge in [0, 0.05) is 6.54 Å². The molecule has 1 amide bonds. The van der Waals surface area contributed by atoms with Crippen LogP contribution < -0.4 is 0 Å². The van der Waals surface area contributed by atoms with Gasteiger partial charge in [0.15, 0.2) is 0 Å². The van der Waals surface area contributed by atoms with Crippen molar-refractivity contribution in [2.75, 3.05) is 13.7 Å². The number of esters is 1. The van der Waals surface area contributed by atoms with Crippen LogP contribution in [0.5, 0.6) is 0 Å². The molecule has 0 bridgehead atoms. The van der Waals surface area contributed by atoms with Gasteiger partial charge in [0.2, 0.25) is 0 Å². The molecule has 0 unspecified atom stereocenters. The van der Waals surface area contributed by atoms with Crippen molar-refractivity contribution < 1.29 is 23.1 Å². The first kappa shape index (κ1) is 15.4. The van der Waals surface area contributed by atoms with Crippen LogP contribution in [-0.2, 0) is 9.53 Å². The summed E-state index contributed by atoms with van der Waals surface area (Å²) in [5.74, 6) is -3.16. The van der Waals surface area contributed by atoms with Crippen molar-refractivity contribution in [3.63, 3.8) is 0 Å². The molecule has 0 N–H and O–H groups in total. The number of ether oxygens (including phenoxy) is 1. The minimum atomic E-state index is -0.919. The smallest absolute Gasteiger partial charge is 0.328 e. The molecule has 1 aromatic carbocycles. The van der Waals surface area contributed by atoms with Gasteiger partial charge in [-0.25, -0.2) is 13.6 Å². The second kappa shape index (κ2) is 6.20. The lowest BCUT2D eigenvalue weighted by Crippen LogP contribution is -2.48. The molecule has 1 fully saturated rings. The van der Waals surface area contributed by atoms with E-state index in [-0.39, 0.29) is 12.1 Å². The molecule has 2 rings (SSSR count). The van der Waals surface area contributed by atoms with Gasteiger partial charge in [0.05, 0.1) is 7.11 Å². The summed E-state index contributed by atoms with van der Waals surface area (Å²) in [7, 11) is 1.23. The van der Waals surface area contributed by atoms with Crippen molar-refractivity contribution in [3.8, 4) is 0 Å². The van der Waals surface area contributed by atoms with Gasteiger partial charge < -0.3 is 9.64 Å². The van der Waals surface area contributed by atoms with Crippen LogP contribution >= 0.6 is 0 Å². The van der Waals surface area contributed by atoms with E-state index in [1.54, 1.807) is 0 Å². The van der Waals surface area contributed by atoms with E-state index in [1.807, 2.05) is 0 Å². The highest BCUT2D eigenvalue weighted by atomic mass is 19.1. The zero-order chi connectivity index (χ0) is 15.6. The largest absolute Gasteiger partial charge is 0.467 e. The number of carbonyl (C=O) groups excluding carboxylic acids is 2. The highest BCUT2D eigenvalue weighted by Crippen LogP contribution is 2.24. The predicted molar refractivity (Wildman–Crippen MR) is 71.8 cm³/mol. The Morgan fingerprint density at radius 3 is 2.67 bits per heavy atom. The third-order valence-corrected chi connectivity index (χ3v) is 3.73. The maximum Gasteiger partial charge on any atom is 0.328 e. The fraction of sp³-hybridized carbons (Fsp3) is 0.467. The second-order valence-electron chi connectivity index (χ2n) is 5.09. The summed E-state index contributed by atoms with van der Waals surface area (Å²) in [6.07, 6.45) is 1.89. The number of hydrogen-bond donors (Lipinski definition) is 0. The van der Waals surface area contributed by atoms with Crippen LogP contribution in [0.1, 0.15) is 35.2 Å². The van der Waals surface area contributed by atoms with Gasteiger partial charge in [-0.05, 0) is 37.8 Å². The molecule has 0 radical (unpaired) electrons. The molecule has 0 spiro atoms. The number of hydrogen-bond acceptors (Lipinski definition) is 3. The van der Waals surface area contributed by atoms with Crippen molar-refractivity contribution in [2.45, 2.75) is 32.2 Å². The minimum absolute atomic E-state index is 0.186. The Morgan fingerprint density at radius 2 is 2.00 bits per heavy atom. The Bertz CT molecular complexity index is 574. The van der Waals surface area contributed by atoms with Gasteiger partial charge >= 0.3 is 5.97 Å². The average molecular weight is 297 g/mol. The maximum atomic E-state index is 14.1. The number of aryl methyl sites for hydroxylation is 1. The van der Waals surface area contributed by atoms with Crippen molar-refractivity contribution in [1.29, 1.82) is 0 Å². The maximum absolute atomic E-state index is 14.1. The lowest BCUT2D eigenvalue weighted by atomic mass is 10.00.